The molecule has 0 N–H and O–H groups in total. The van der Waals surface area contributed by atoms with Crippen LogP contribution in [0.3, 0.4) is 0 Å². The summed E-state index contributed by atoms with van der Waals surface area (Å²) in [6.45, 7) is 4.86. The van der Waals surface area contributed by atoms with Crippen LogP contribution < -0.4 is 4.90 Å². The van der Waals surface area contributed by atoms with Gasteiger partial charge in [0.15, 0.2) is 0 Å². The van der Waals surface area contributed by atoms with Crippen molar-refractivity contribution in [3.8, 4) is 33.6 Å². The molecule has 1 atom stereocenters. The molecule has 11 aromatic carbocycles. The van der Waals surface area contributed by atoms with Crippen molar-refractivity contribution in [1.82, 2.24) is 9.13 Å². The van der Waals surface area contributed by atoms with E-state index in [1.54, 1.807) is 0 Å². The van der Waals surface area contributed by atoms with Crippen LogP contribution in [0.25, 0.3) is 77.2 Å². The maximum Gasteiger partial charge on any atom is 0.0748 e. The van der Waals surface area contributed by atoms with Gasteiger partial charge in [-0.2, -0.15) is 0 Å². The van der Waals surface area contributed by atoms with Crippen LogP contribution in [-0.4, -0.2) is 9.13 Å². The lowest BCUT2D eigenvalue weighted by Gasteiger charge is -2.50. The van der Waals surface area contributed by atoms with Gasteiger partial charge in [-0.1, -0.05) is 208 Å². The van der Waals surface area contributed by atoms with Gasteiger partial charge in [0.25, 0.3) is 0 Å². The minimum absolute atomic E-state index is 0.342. The normalized spacial score (nSPS) is 15.2. The van der Waals surface area contributed by atoms with Crippen molar-refractivity contribution in [2.75, 3.05) is 4.90 Å². The minimum Gasteiger partial charge on any atom is -0.310 e. The molecule has 15 rings (SSSR count). The number of para-hydroxylation sites is 4. The fourth-order valence-corrected chi connectivity index (χ4v) is 13.1. The van der Waals surface area contributed by atoms with E-state index in [0.717, 1.165) is 28.3 Å². The molecule has 2 aliphatic rings. The van der Waals surface area contributed by atoms with Crippen molar-refractivity contribution in [1.29, 1.82) is 0 Å². The first-order valence-electron chi connectivity index (χ1n) is 25.5. The van der Waals surface area contributed by atoms with Gasteiger partial charge in [0, 0.05) is 49.7 Å². The summed E-state index contributed by atoms with van der Waals surface area (Å²) in [5, 5.41) is 5.02. The first-order chi connectivity index (χ1) is 36.0. The maximum atomic E-state index is 2.53. The predicted octanol–water partition coefficient (Wildman–Crippen LogP) is 18.0. The number of nitrogens with zero attached hydrogens (tertiary/aromatic N) is 3. The summed E-state index contributed by atoms with van der Waals surface area (Å²) in [5.74, 6) is 0. The lowest BCUT2D eigenvalue weighted by molar-refractivity contribution is 0.556. The van der Waals surface area contributed by atoms with E-state index < -0.39 is 5.41 Å². The van der Waals surface area contributed by atoms with Gasteiger partial charge in [-0.05, 0) is 122 Å². The van der Waals surface area contributed by atoms with Crippen molar-refractivity contribution >= 4 is 60.7 Å². The van der Waals surface area contributed by atoms with Gasteiger partial charge in [0.05, 0.1) is 33.2 Å². The standard InChI is InChI=1S/C70H49N3/c1-69(2)58-25-11-12-26-59(58)70(61-27-13-16-31-66(61)73-65-30-15-10-23-55(65)57-24-17-28-62(70)68(57)73)60-43-41-52(44-63(60)69)71(50-36-32-48(33-37-50)46-18-5-3-6-19-46)53-40-42-56-54-22-9-14-29-64(54)72(67(56)45-53)51-38-34-49(35-39-51)47-20-7-4-8-21-47/h3-45H,1-2H3. The summed E-state index contributed by atoms with van der Waals surface area (Å²) < 4.78 is 4.97. The molecule has 0 radical (unpaired) electrons. The van der Waals surface area contributed by atoms with Crippen LogP contribution in [0.2, 0.25) is 0 Å². The van der Waals surface area contributed by atoms with Crippen molar-refractivity contribution < 1.29 is 0 Å². The molecule has 1 aliphatic heterocycles. The quantitative estimate of drug-likeness (QED) is 0.162. The molecule has 0 saturated heterocycles. The van der Waals surface area contributed by atoms with Crippen molar-refractivity contribution in [2.24, 2.45) is 0 Å². The number of aromatic nitrogens is 2. The first kappa shape index (κ1) is 41.6. The number of fused-ring (bicyclic) bond motifs is 14. The third-order valence-electron chi connectivity index (χ3n) is 16.4. The Morgan fingerprint density at radius 2 is 0.781 bits per heavy atom. The van der Waals surface area contributed by atoms with E-state index in [-0.39, 0.29) is 5.41 Å². The molecule has 0 saturated carbocycles. The van der Waals surface area contributed by atoms with E-state index in [2.05, 4.69) is 289 Å². The summed E-state index contributed by atoms with van der Waals surface area (Å²) in [4.78, 5) is 2.48. The third-order valence-corrected chi connectivity index (χ3v) is 16.4. The van der Waals surface area contributed by atoms with E-state index in [9.17, 15) is 0 Å². The van der Waals surface area contributed by atoms with Gasteiger partial charge in [-0.25, -0.2) is 0 Å². The largest absolute Gasteiger partial charge is 0.310 e. The molecule has 3 heterocycles. The van der Waals surface area contributed by atoms with Crippen molar-refractivity contribution in [2.45, 2.75) is 24.7 Å². The molecule has 0 fully saturated rings. The summed E-state index contributed by atoms with van der Waals surface area (Å²) in [6, 6.07) is 97.2. The van der Waals surface area contributed by atoms with Gasteiger partial charge < -0.3 is 14.0 Å². The van der Waals surface area contributed by atoms with E-state index in [1.807, 2.05) is 0 Å². The van der Waals surface area contributed by atoms with Gasteiger partial charge in [-0.15, -0.1) is 0 Å². The molecule has 2 aromatic heterocycles. The highest BCUT2D eigenvalue weighted by molar-refractivity contribution is 6.13. The number of hydrogen-bond acceptors (Lipinski definition) is 1. The fraction of sp³-hybridized carbons (Fsp3) is 0.0571. The zero-order chi connectivity index (χ0) is 48.4. The smallest absolute Gasteiger partial charge is 0.0748 e. The molecule has 13 aromatic rings. The highest BCUT2D eigenvalue weighted by Gasteiger charge is 2.52. The molecular formula is C70H49N3. The second-order valence-electron chi connectivity index (χ2n) is 20.4. The van der Waals surface area contributed by atoms with Crippen LogP contribution in [0, 0.1) is 0 Å². The predicted molar refractivity (Wildman–Crippen MR) is 305 cm³/mol. The number of rotatable bonds is 6. The Morgan fingerprint density at radius 3 is 1.49 bits per heavy atom. The van der Waals surface area contributed by atoms with E-state index >= 15 is 0 Å². The molecule has 1 aliphatic carbocycles. The molecule has 0 bridgehead atoms. The van der Waals surface area contributed by atoms with Crippen molar-refractivity contribution in [3.63, 3.8) is 0 Å². The topological polar surface area (TPSA) is 13.1 Å². The molecular weight excluding hydrogens is 883 g/mol. The first-order valence-corrected chi connectivity index (χ1v) is 25.5. The van der Waals surface area contributed by atoms with Gasteiger partial charge in [0.2, 0.25) is 0 Å². The number of hydrogen-bond donors (Lipinski definition) is 0. The molecule has 3 nitrogen and oxygen atoms in total. The highest BCUT2D eigenvalue weighted by atomic mass is 15.1. The third kappa shape index (κ3) is 5.88. The van der Waals surface area contributed by atoms with Gasteiger partial charge in [-0.3, -0.25) is 0 Å². The molecule has 344 valence electrons. The monoisotopic (exact) mass is 931 g/mol. The average Bonchev–Trinajstić information content (AvgIpc) is 3.98. The second kappa shape index (κ2) is 15.7. The van der Waals surface area contributed by atoms with Gasteiger partial charge >= 0.3 is 0 Å². The lowest BCUT2D eigenvalue weighted by atomic mass is 9.53. The van der Waals surface area contributed by atoms with E-state index in [0.29, 0.717) is 0 Å². The van der Waals surface area contributed by atoms with Crippen LogP contribution in [0.15, 0.2) is 261 Å². The molecule has 73 heavy (non-hydrogen) atoms. The molecule has 1 spiro atoms. The number of anilines is 3. The maximum absolute atomic E-state index is 2.53. The Kier molecular flexibility index (Phi) is 8.92. The van der Waals surface area contributed by atoms with E-state index in [1.165, 1.54) is 99.4 Å². The summed E-state index contributed by atoms with van der Waals surface area (Å²) in [5.41, 5.74) is 22.3. The van der Waals surface area contributed by atoms with E-state index in [4.69, 9.17) is 0 Å². The Hall–Kier alpha value is -9.18. The van der Waals surface area contributed by atoms with Crippen LogP contribution in [0.5, 0.6) is 0 Å². The SMILES string of the molecule is CC1(C)c2ccccc2C2(c3ccccc3-n3c4ccccc4c4cccc2c43)c2ccc(N(c3ccc(-c4ccccc4)cc3)c3ccc4c5ccccc5n(-c5ccc(-c6ccccc6)cc5)c4c3)cc21. The molecule has 0 amide bonds. The minimum atomic E-state index is -0.585. The zero-order valence-corrected chi connectivity index (χ0v) is 40.7. The molecule has 1 unspecified atom stereocenters. The van der Waals surface area contributed by atoms with Crippen molar-refractivity contribution in [3.05, 3.63) is 294 Å². The Morgan fingerprint density at radius 1 is 0.301 bits per heavy atom. The lowest BCUT2D eigenvalue weighted by Crippen LogP contribution is -2.44. The van der Waals surface area contributed by atoms with Crippen LogP contribution in [0.1, 0.15) is 47.2 Å². The Labute approximate surface area is 425 Å². The Balaban J connectivity index is 0.979. The fourth-order valence-electron chi connectivity index (χ4n) is 13.1. The van der Waals surface area contributed by atoms with Gasteiger partial charge in [0.1, 0.15) is 0 Å². The summed E-state index contributed by atoms with van der Waals surface area (Å²) in [7, 11) is 0. The summed E-state index contributed by atoms with van der Waals surface area (Å²) in [6.07, 6.45) is 0. The number of benzene rings is 11. The molecule has 3 heteroatoms. The van der Waals surface area contributed by atoms with Crippen LogP contribution in [-0.2, 0) is 10.8 Å². The van der Waals surface area contributed by atoms with Crippen LogP contribution >= 0.6 is 0 Å². The summed E-state index contributed by atoms with van der Waals surface area (Å²) >= 11 is 0. The highest BCUT2D eigenvalue weighted by Crippen LogP contribution is 2.61. The zero-order valence-electron chi connectivity index (χ0n) is 40.7. The Bertz CT molecular complexity index is 4330. The second-order valence-corrected chi connectivity index (χ2v) is 20.4. The van der Waals surface area contributed by atoms with Crippen LogP contribution in [0.4, 0.5) is 17.1 Å². The average molecular weight is 932 g/mol.